The molecular weight excluding hydrogens is 674 g/mol. The number of imidazole rings is 2. The molecule has 8 rings (SSSR count). The van der Waals surface area contributed by atoms with E-state index < -0.39 is 5.91 Å². The number of hydrogen-bond acceptors (Lipinski definition) is 5. The van der Waals surface area contributed by atoms with Crippen LogP contribution in [0.4, 0.5) is 11.4 Å². The summed E-state index contributed by atoms with van der Waals surface area (Å²) < 4.78 is 3.63. The van der Waals surface area contributed by atoms with Crippen LogP contribution >= 0.6 is 11.6 Å². The van der Waals surface area contributed by atoms with Gasteiger partial charge >= 0.3 is 0 Å². The number of nitrogens with two attached hydrogens (primary N) is 1. The summed E-state index contributed by atoms with van der Waals surface area (Å²) in [6.07, 6.45) is 7.20. The second-order valence-electron chi connectivity index (χ2n) is 11.7. The molecule has 0 aliphatic carbocycles. The van der Waals surface area contributed by atoms with E-state index in [4.69, 9.17) is 17.3 Å². The Morgan fingerprint density at radius 3 is 1.48 bits per heavy atom. The highest BCUT2D eigenvalue weighted by Crippen LogP contribution is 2.24. The zero-order valence-corrected chi connectivity index (χ0v) is 28.2. The molecule has 0 fully saturated rings. The minimum absolute atomic E-state index is 0.237. The van der Waals surface area contributed by atoms with Crippen molar-refractivity contribution in [1.82, 2.24) is 18.8 Å². The molecule has 4 heterocycles. The average molecular weight is 704 g/mol. The van der Waals surface area contributed by atoms with E-state index in [1.807, 2.05) is 132 Å². The van der Waals surface area contributed by atoms with Crippen LogP contribution in [0.3, 0.4) is 0 Å². The van der Waals surface area contributed by atoms with Gasteiger partial charge in [0.15, 0.2) is 0 Å². The van der Waals surface area contributed by atoms with Crippen LogP contribution in [-0.4, -0.2) is 36.5 Å². The molecule has 0 unspecified atom stereocenters. The van der Waals surface area contributed by atoms with Gasteiger partial charge in [-0.05, 0) is 95.1 Å². The summed E-state index contributed by atoms with van der Waals surface area (Å²) in [5, 5.41) is 6.35. The predicted octanol–water partition coefficient (Wildman–Crippen LogP) is 8.26. The smallest absolute Gasteiger partial charge is 0.275 e. The standard InChI is InChI=1S/C21H16N4O2.C20H14ClN3O/c22-20(26)15-6-4-5-14(11-15)16-9-10-19-24-18(13-25(19)12-16)21(27)23-17-7-2-1-3-8-17;21-16-6-4-5-14(11-16)15-9-10-19-23-18(13-24(19)12-15)20(25)22-17-7-2-1-3-8-17/h1-13H,(H2,22,26)(H,23,27);1-13H,(H,22,25). The van der Waals surface area contributed by atoms with Crippen molar-refractivity contribution in [1.29, 1.82) is 0 Å². The third-order valence-electron chi connectivity index (χ3n) is 8.07. The summed E-state index contributed by atoms with van der Waals surface area (Å²) in [6, 6.07) is 40.9. The summed E-state index contributed by atoms with van der Waals surface area (Å²) in [4.78, 5) is 44.9. The summed E-state index contributed by atoms with van der Waals surface area (Å²) in [5.74, 6) is -0.984. The number of pyridine rings is 2. The lowest BCUT2D eigenvalue weighted by molar-refractivity contribution is 0.0996. The van der Waals surface area contributed by atoms with Crippen molar-refractivity contribution < 1.29 is 14.4 Å². The third-order valence-corrected chi connectivity index (χ3v) is 8.30. The Balaban J connectivity index is 0.000000162. The van der Waals surface area contributed by atoms with Crippen LogP contribution in [0.1, 0.15) is 31.3 Å². The molecule has 52 heavy (non-hydrogen) atoms. The summed E-state index contributed by atoms with van der Waals surface area (Å²) >= 11 is 6.06. The van der Waals surface area contributed by atoms with E-state index in [1.165, 1.54) is 0 Å². The molecule has 0 saturated carbocycles. The Kier molecular flexibility index (Phi) is 9.54. The number of primary amides is 1. The van der Waals surface area contributed by atoms with Crippen LogP contribution in [0, 0.1) is 0 Å². The molecule has 4 aromatic heterocycles. The fourth-order valence-electron chi connectivity index (χ4n) is 5.50. The lowest BCUT2D eigenvalue weighted by atomic mass is 10.0. The maximum Gasteiger partial charge on any atom is 0.275 e. The maximum atomic E-state index is 12.4. The minimum Gasteiger partial charge on any atom is -0.366 e. The van der Waals surface area contributed by atoms with E-state index in [1.54, 1.807) is 35.0 Å². The molecule has 0 atom stereocenters. The lowest BCUT2D eigenvalue weighted by Gasteiger charge is -2.04. The molecule has 254 valence electrons. The van der Waals surface area contributed by atoms with Crippen LogP contribution in [0.15, 0.2) is 158 Å². The van der Waals surface area contributed by atoms with Crippen molar-refractivity contribution in [2.45, 2.75) is 0 Å². The first-order valence-electron chi connectivity index (χ1n) is 16.2. The van der Waals surface area contributed by atoms with Gasteiger partial charge in [0.2, 0.25) is 5.91 Å². The fourth-order valence-corrected chi connectivity index (χ4v) is 5.69. The molecule has 4 N–H and O–H groups in total. The number of nitrogens with one attached hydrogen (secondary N) is 2. The van der Waals surface area contributed by atoms with Crippen molar-refractivity contribution in [2.75, 3.05) is 10.6 Å². The molecule has 8 aromatic rings. The van der Waals surface area contributed by atoms with Gasteiger partial charge in [-0.1, -0.05) is 72.3 Å². The van der Waals surface area contributed by atoms with Crippen LogP contribution in [0.25, 0.3) is 33.5 Å². The van der Waals surface area contributed by atoms with E-state index in [0.717, 1.165) is 27.9 Å². The molecule has 11 heteroatoms. The number of benzene rings is 4. The molecular formula is C41H30ClN7O3. The summed E-state index contributed by atoms with van der Waals surface area (Å²) in [7, 11) is 0. The van der Waals surface area contributed by atoms with Crippen molar-refractivity contribution >= 4 is 52.0 Å². The quantitative estimate of drug-likeness (QED) is 0.154. The van der Waals surface area contributed by atoms with Crippen LogP contribution < -0.4 is 16.4 Å². The number of carbonyl (C=O) groups is 3. The minimum atomic E-state index is -0.472. The number of carbonyl (C=O) groups excluding carboxylic acids is 3. The van der Waals surface area contributed by atoms with Gasteiger partial charge in [0.1, 0.15) is 22.7 Å². The SMILES string of the molecule is NC(=O)c1cccc(-c2ccc3nc(C(=O)Nc4ccccc4)cn3c2)c1.O=C(Nc1ccccc1)c1cn2cc(-c3cccc(Cl)c3)ccc2n1. The van der Waals surface area contributed by atoms with Crippen LogP contribution in [0.2, 0.25) is 5.02 Å². The topological polar surface area (TPSA) is 136 Å². The second kappa shape index (κ2) is 14.8. The molecule has 0 spiro atoms. The Hall–Kier alpha value is -7.04. The van der Waals surface area contributed by atoms with Crippen molar-refractivity contribution in [3.05, 3.63) is 180 Å². The molecule has 3 amide bonds. The molecule has 0 radical (unpaired) electrons. The van der Waals surface area contributed by atoms with E-state index in [9.17, 15) is 14.4 Å². The highest BCUT2D eigenvalue weighted by molar-refractivity contribution is 6.30. The molecule has 4 aromatic carbocycles. The number of rotatable bonds is 7. The van der Waals surface area contributed by atoms with E-state index in [-0.39, 0.29) is 11.8 Å². The van der Waals surface area contributed by atoms with Crippen molar-refractivity contribution in [3.8, 4) is 22.3 Å². The van der Waals surface area contributed by atoms with Gasteiger partial charge in [0.05, 0.1) is 0 Å². The molecule has 0 aliphatic heterocycles. The number of nitrogens with zero attached hydrogens (tertiary/aromatic N) is 4. The fraction of sp³-hybridized carbons (Fsp3) is 0. The number of fused-ring (bicyclic) bond motifs is 2. The first-order valence-corrected chi connectivity index (χ1v) is 16.5. The van der Waals surface area contributed by atoms with Gasteiger partial charge in [-0.2, -0.15) is 0 Å². The van der Waals surface area contributed by atoms with Gasteiger partial charge in [-0.15, -0.1) is 0 Å². The molecule has 10 nitrogen and oxygen atoms in total. The number of hydrogen-bond donors (Lipinski definition) is 3. The van der Waals surface area contributed by atoms with Gasteiger partial charge in [0.25, 0.3) is 11.8 Å². The second-order valence-corrected chi connectivity index (χ2v) is 12.2. The van der Waals surface area contributed by atoms with Crippen LogP contribution in [0.5, 0.6) is 0 Å². The number of amides is 3. The Bertz CT molecular complexity index is 2570. The number of anilines is 2. The highest BCUT2D eigenvalue weighted by Gasteiger charge is 2.13. The monoisotopic (exact) mass is 703 g/mol. The Labute approximate surface area is 303 Å². The zero-order chi connectivity index (χ0) is 36.0. The van der Waals surface area contributed by atoms with Gasteiger partial charge in [-0.25, -0.2) is 9.97 Å². The highest BCUT2D eigenvalue weighted by atomic mass is 35.5. The Morgan fingerprint density at radius 2 is 1.00 bits per heavy atom. The number of aromatic nitrogens is 4. The van der Waals surface area contributed by atoms with Gasteiger partial charge in [0, 0.05) is 46.7 Å². The first-order chi connectivity index (χ1) is 25.3. The average Bonchev–Trinajstić information content (AvgIpc) is 3.80. The predicted molar refractivity (Wildman–Crippen MR) is 204 cm³/mol. The van der Waals surface area contributed by atoms with Crippen molar-refractivity contribution in [2.24, 2.45) is 5.73 Å². The summed E-state index contributed by atoms with van der Waals surface area (Å²) in [5.41, 5.74) is 13.1. The lowest BCUT2D eigenvalue weighted by Crippen LogP contribution is -2.11. The maximum absolute atomic E-state index is 12.4. The molecule has 0 bridgehead atoms. The van der Waals surface area contributed by atoms with Crippen molar-refractivity contribution in [3.63, 3.8) is 0 Å². The van der Waals surface area contributed by atoms with Crippen LogP contribution in [-0.2, 0) is 0 Å². The van der Waals surface area contributed by atoms with E-state index >= 15 is 0 Å². The number of halogens is 1. The normalized spacial score (nSPS) is 10.7. The van der Waals surface area contributed by atoms with Gasteiger partial charge in [-0.3, -0.25) is 14.4 Å². The van der Waals surface area contributed by atoms with Gasteiger partial charge < -0.3 is 25.2 Å². The zero-order valence-electron chi connectivity index (χ0n) is 27.5. The van der Waals surface area contributed by atoms with E-state index in [2.05, 4.69) is 20.6 Å². The van der Waals surface area contributed by atoms with E-state index in [0.29, 0.717) is 39.0 Å². The molecule has 0 aliphatic rings. The third kappa shape index (κ3) is 7.72. The Morgan fingerprint density at radius 1 is 0.519 bits per heavy atom. The first kappa shape index (κ1) is 33.5. The molecule has 0 saturated heterocycles. The largest absolute Gasteiger partial charge is 0.366 e. The summed E-state index contributed by atoms with van der Waals surface area (Å²) in [6.45, 7) is 0. The number of para-hydroxylation sites is 2.